The van der Waals surface area contributed by atoms with E-state index in [1.165, 1.54) is 11.1 Å². The van der Waals surface area contributed by atoms with Crippen molar-refractivity contribution in [2.24, 2.45) is 0 Å². The fourth-order valence-electron chi connectivity index (χ4n) is 2.55. The SMILES string of the molecule is [C-]#[N+]C1(C)c2ccccc2-c2ccccc21. The van der Waals surface area contributed by atoms with Crippen LogP contribution in [0.4, 0.5) is 0 Å². The Kier molecular flexibility index (Phi) is 1.70. The molecule has 0 aliphatic heterocycles. The van der Waals surface area contributed by atoms with Crippen LogP contribution in [0.3, 0.4) is 0 Å². The quantitative estimate of drug-likeness (QED) is 0.575. The van der Waals surface area contributed by atoms with Crippen molar-refractivity contribution in [1.29, 1.82) is 0 Å². The van der Waals surface area contributed by atoms with Crippen molar-refractivity contribution >= 4 is 0 Å². The van der Waals surface area contributed by atoms with E-state index in [1.54, 1.807) is 0 Å². The molecule has 0 heterocycles. The van der Waals surface area contributed by atoms with Crippen molar-refractivity contribution in [3.05, 3.63) is 71.1 Å². The van der Waals surface area contributed by atoms with Crippen LogP contribution in [0.25, 0.3) is 16.0 Å². The van der Waals surface area contributed by atoms with Gasteiger partial charge in [-0.1, -0.05) is 36.4 Å². The van der Waals surface area contributed by atoms with E-state index >= 15 is 0 Å². The first-order valence-corrected chi connectivity index (χ1v) is 5.35. The van der Waals surface area contributed by atoms with Gasteiger partial charge in [0.2, 0.25) is 0 Å². The Balaban J connectivity index is 2.45. The van der Waals surface area contributed by atoms with E-state index in [2.05, 4.69) is 29.1 Å². The van der Waals surface area contributed by atoms with Gasteiger partial charge in [-0.15, -0.1) is 0 Å². The predicted octanol–water partition coefficient (Wildman–Crippen LogP) is 3.85. The molecule has 76 valence electrons. The molecule has 0 N–H and O–H groups in total. The van der Waals surface area contributed by atoms with E-state index in [1.807, 2.05) is 31.2 Å². The number of nitrogens with zero attached hydrogens (tertiary/aromatic N) is 1. The lowest BCUT2D eigenvalue weighted by atomic mass is 9.91. The van der Waals surface area contributed by atoms with Crippen LogP contribution in [0, 0.1) is 6.57 Å². The van der Waals surface area contributed by atoms with E-state index in [-0.39, 0.29) is 0 Å². The van der Waals surface area contributed by atoms with E-state index in [9.17, 15) is 0 Å². The van der Waals surface area contributed by atoms with Gasteiger partial charge in [-0.25, -0.2) is 6.57 Å². The lowest BCUT2D eigenvalue weighted by molar-refractivity contribution is 0.741. The Bertz CT molecular complexity index is 559. The highest BCUT2D eigenvalue weighted by Gasteiger charge is 2.44. The molecule has 16 heavy (non-hydrogen) atoms. The summed E-state index contributed by atoms with van der Waals surface area (Å²) in [5.74, 6) is 0. The van der Waals surface area contributed by atoms with Gasteiger partial charge in [-0.2, -0.15) is 0 Å². The van der Waals surface area contributed by atoms with Crippen LogP contribution >= 0.6 is 0 Å². The van der Waals surface area contributed by atoms with Gasteiger partial charge >= 0.3 is 0 Å². The van der Waals surface area contributed by atoms with Gasteiger partial charge in [0.05, 0.1) is 0 Å². The molecule has 0 bridgehead atoms. The molecule has 0 saturated heterocycles. The number of benzene rings is 2. The van der Waals surface area contributed by atoms with E-state index in [0.29, 0.717) is 0 Å². The van der Waals surface area contributed by atoms with Crippen molar-refractivity contribution in [3.8, 4) is 11.1 Å². The maximum Gasteiger partial charge on any atom is 0.281 e. The number of rotatable bonds is 0. The van der Waals surface area contributed by atoms with Crippen molar-refractivity contribution in [2.75, 3.05) is 0 Å². The lowest BCUT2D eigenvalue weighted by Crippen LogP contribution is -2.14. The van der Waals surface area contributed by atoms with Crippen molar-refractivity contribution in [2.45, 2.75) is 12.5 Å². The third kappa shape index (κ3) is 0.940. The molecule has 2 aromatic carbocycles. The van der Waals surface area contributed by atoms with Gasteiger partial charge in [-0.05, 0) is 23.3 Å². The Labute approximate surface area is 95.2 Å². The monoisotopic (exact) mass is 205 g/mol. The Hall–Kier alpha value is -2.07. The first kappa shape index (κ1) is 9.18. The third-order valence-corrected chi connectivity index (χ3v) is 3.42. The van der Waals surface area contributed by atoms with Crippen LogP contribution in [0.5, 0.6) is 0 Å². The minimum absolute atomic E-state index is 0.507. The Morgan fingerprint density at radius 1 is 0.875 bits per heavy atom. The molecule has 0 fully saturated rings. The fraction of sp³-hybridized carbons (Fsp3) is 0.133. The van der Waals surface area contributed by atoms with Crippen LogP contribution in [-0.2, 0) is 5.54 Å². The smallest absolute Gasteiger partial charge is 0.281 e. The molecule has 2 aromatic rings. The molecular formula is C15H11N. The largest absolute Gasteiger partial charge is 0.300 e. The Morgan fingerprint density at radius 3 is 1.75 bits per heavy atom. The summed E-state index contributed by atoms with van der Waals surface area (Å²) in [7, 11) is 0. The lowest BCUT2D eigenvalue weighted by Gasteiger charge is -2.12. The molecule has 0 amide bonds. The normalized spacial score (nSPS) is 15.0. The molecule has 0 atom stereocenters. The minimum atomic E-state index is -0.507. The summed E-state index contributed by atoms with van der Waals surface area (Å²) >= 11 is 0. The Morgan fingerprint density at radius 2 is 1.31 bits per heavy atom. The van der Waals surface area contributed by atoms with Crippen LogP contribution in [0.2, 0.25) is 0 Å². The predicted molar refractivity (Wildman–Crippen MR) is 64.9 cm³/mol. The van der Waals surface area contributed by atoms with Crippen LogP contribution in [-0.4, -0.2) is 0 Å². The highest BCUT2D eigenvalue weighted by atomic mass is 14.8. The highest BCUT2D eigenvalue weighted by Crippen LogP contribution is 2.49. The molecule has 0 radical (unpaired) electrons. The second kappa shape index (κ2) is 2.96. The maximum absolute atomic E-state index is 7.48. The molecule has 0 spiro atoms. The van der Waals surface area contributed by atoms with Crippen molar-refractivity contribution in [1.82, 2.24) is 0 Å². The minimum Gasteiger partial charge on any atom is -0.300 e. The maximum atomic E-state index is 7.48. The molecule has 0 unspecified atom stereocenters. The molecule has 0 aromatic heterocycles. The molecule has 0 saturated carbocycles. The van der Waals surface area contributed by atoms with E-state index < -0.39 is 5.54 Å². The van der Waals surface area contributed by atoms with E-state index in [0.717, 1.165) is 11.1 Å². The van der Waals surface area contributed by atoms with Gasteiger partial charge in [0.15, 0.2) is 0 Å². The standard InChI is InChI=1S/C15H11N/c1-15(16-2)13-9-5-3-7-11(13)12-8-4-6-10-14(12)15/h3-10H,1H3. The molecule has 3 rings (SSSR count). The first-order valence-electron chi connectivity index (χ1n) is 5.35. The topological polar surface area (TPSA) is 4.36 Å². The third-order valence-electron chi connectivity index (χ3n) is 3.42. The summed E-state index contributed by atoms with van der Waals surface area (Å²) < 4.78 is 0. The van der Waals surface area contributed by atoms with Crippen LogP contribution in [0.15, 0.2) is 48.5 Å². The second-order valence-electron chi connectivity index (χ2n) is 4.28. The average molecular weight is 205 g/mol. The molecule has 1 nitrogen and oxygen atoms in total. The zero-order valence-corrected chi connectivity index (χ0v) is 9.07. The number of hydrogen-bond acceptors (Lipinski definition) is 0. The molecular weight excluding hydrogens is 194 g/mol. The van der Waals surface area contributed by atoms with Crippen molar-refractivity contribution < 1.29 is 0 Å². The summed E-state index contributed by atoms with van der Waals surface area (Å²) in [5.41, 5.74) is 4.17. The zero-order valence-electron chi connectivity index (χ0n) is 9.07. The average Bonchev–Trinajstić information content (AvgIpc) is 2.62. The summed E-state index contributed by atoms with van der Waals surface area (Å²) in [6.07, 6.45) is 0. The van der Waals surface area contributed by atoms with Crippen LogP contribution < -0.4 is 0 Å². The van der Waals surface area contributed by atoms with Gasteiger partial charge in [0, 0.05) is 18.1 Å². The van der Waals surface area contributed by atoms with Gasteiger partial charge in [-0.3, -0.25) is 0 Å². The van der Waals surface area contributed by atoms with Crippen molar-refractivity contribution in [3.63, 3.8) is 0 Å². The summed E-state index contributed by atoms with van der Waals surface area (Å²) in [6, 6.07) is 16.4. The number of fused-ring (bicyclic) bond motifs is 3. The summed E-state index contributed by atoms with van der Waals surface area (Å²) in [4.78, 5) is 3.85. The van der Waals surface area contributed by atoms with Gasteiger partial charge < -0.3 is 4.85 Å². The second-order valence-corrected chi connectivity index (χ2v) is 4.28. The fourth-order valence-corrected chi connectivity index (χ4v) is 2.55. The highest BCUT2D eigenvalue weighted by molar-refractivity contribution is 5.81. The van der Waals surface area contributed by atoms with Gasteiger partial charge in [0.1, 0.15) is 0 Å². The van der Waals surface area contributed by atoms with Gasteiger partial charge in [0.25, 0.3) is 5.54 Å². The van der Waals surface area contributed by atoms with Crippen LogP contribution in [0.1, 0.15) is 18.1 Å². The summed E-state index contributed by atoms with van der Waals surface area (Å²) in [6.45, 7) is 9.49. The molecule has 1 aliphatic carbocycles. The van der Waals surface area contributed by atoms with E-state index in [4.69, 9.17) is 6.57 Å². The first-order chi connectivity index (χ1) is 7.77. The number of hydrogen-bond donors (Lipinski definition) is 0. The zero-order chi connectivity index (χ0) is 11.2. The summed E-state index contributed by atoms with van der Waals surface area (Å²) in [5, 5.41) is 0. The molecule has 1 aliphatic rings. The molecule has 1 heteroatoms.